The van der Waals surface area contributed by atoms with Crippen molar-refractivity contribution in [1.29, 1.82) is 0 Å². The first-order chi connectivity index (χ1) is 12.6. The molecule has 2 N–H and O–H groups in total. The number of benzene rings is 2. The molecule has 0 aliphatic rings. The zero-order valence-corrected chi connectivity index (χ0v) is 13.6. The lowest BCUT2D eigenvalue weighted by molar-refractivity contribution is -0.136. The number of aliphatic carboxylic acids is 1. The van der Waals surface area contributed by atoms with Gasteiger partial charge in [-0.05, 0) is 23.3 Å². The van der Waals surface area contributed by atoms with Crippen molar-refractivity contribution < 1.29 is 9.90 Å². The lowest BCUT2D eigenvalue weighted by atomic mass is 10.0. The van der Waals surface area contributed by atoms with Gasteiger partial charge in [0.15, 0.2) is 0 Å². The maximum Gasteiger partial charge on any atom is 0.307 e. The van der Waals surface area contributed by atoms with E-state index in [0.717, 1.165) is 11.1 Å². The van der Waals surface area contributed by atoms with Crippen molar-refractivity contribution >= 4 is 16.9 Å². The normalized spacial score (nSPS) is 10.9. The van der Waals surface area contributed by atoms with Gasteiger partial charge >= 0.3 is 5.97 Å². The first-order valence-electron chi connectivity index (χ1n) is 7.95. The first-order valence-corrected chi connectivity index (χ1v) is 7.95. The van der Waals surface area contributed by atoms with Crippen LogP contribution in [0.25, 0.3) is 28.0 Å². The maximum absolute atomic E-state index is 12.4. The Morgan fingerprint density at radius 2 is 1.92 bits per heavy atom. The molecule has 0 aliphatic carbocycles. The molecule has 0 saturated carbocycles. The van der Waals surface area contributed by atoms with E-state index < -0.39 is 5.97 Å². The Labute approximate surface area is 147 Å². The number of carbonyl (C=O) groups is 1. The van der Waals surface area contributed by atoms with Gasteiger partial charge in [0, 0.05) is 11.8 Å². The van der Waals surface area contributed by atoms with Crippen molar-refractivity contribution in [3.05, 3.63) is 76.8 Å². The van der Waals surface area contributed by atoms with Crippen molar-refractivity contribution in [2.45, 2.75) is 6.42 Å². The summed E-state index contributed by atoms with van der Waals surface area (Å²) >= 11 is 0. The number of carboxylic acid groups (broad SMARTS) is 1. The van der Waals surface area contributed by atoms with Crippen molar-refractivity contribution in [2.24, 2.45) is 0 Å². The Morgan fingerprint density at radius 3 is 2.69 bits per heavy atom. The number of carboxylic acids is 1. The van der Waals surface area contributed by atoms with E-state index in [0.29, 0.717) is 16.5 Å². The van der Waals surface area contributed by atoms with Crippen molar-refractivity contribution in [2.75, 3.05) is 0 Å². The zero-order chi connectivity index (χ0) is 18.1. The molecule has 4 rings (SSSR count). The van der Waals surface area contributed by atoms with Gasteiger partial charge in [-0.25, -0.2) is 9.67 Å². The largest absolute Gasteiger partial charge is 0.481 e. The number of hydrogen-bond donors (Lipinski definition) is 2. The number of aromatic nitrogens is 4. The molecule has 2 aromatic carbocycles. The minimum Gasteiger partial charge on any atom is -0.481 e. The Balaban J connectivity index is 1.80. The molecule has 7 nitrogen and oxygen atoms in total. The molecule has 0 bridgehead atoms. The number of hydrogen-bond acceptors (Lipinski definition) is 4. The average Bonchev–Trinajstić information content (AvgIpc) is 3.10. The van der Waals surface area contributed by atoms with E-state index in [1.807, 2.05) is 42.5 Å². The standard InChI is InChI=1S/C19H14N4O3/c24-17(25)8-12-10-20-23(11-12)19-21-16-9-14(13-4-2-1-3-5-13)6-7-15(16)18(26)22-19/h1-7,9-11H,8H2,(H,24,25)(H,21,22,26). The van der Waals surface area contributed by atoms with Gasteiger partial charge in [-0.3, -0.25) is 14.6 Å². The first kappa shape index (κ1) is 15.8. The van der Waals surface area contributed by atoms with Crippen molar-refractivity contribution in [3.8, 4) is 17.1 Å². The van der Waals surface area contributed by atoms with E-state index in [-0.39, 0.29) is 17.9 Å². The molecule has 0 aliphatic heterocycles. The second kappa shape index (κ2) is 6.29. The molecule has 128 valence electrons. The highest BCUT2D eigenvalue weighted by Gasteiger charge is 2.10. The second-order valence-corrected chi connectivity index (χ2v) is 5.85. The molecule has 0 amide bonds. The summed E-state index contributed by atoms with van der Waals surface area (Å²) in [7, 11) is 0. The number of rotatable bonds is 4. The van der Waals surface area contributed by atoms with Crippen LogP contribution < -0.4 is 5.56 Å². The van der Waals surface area contributed by atoms with Crippen LogP contribution in [0.3, 0.4) is 0 Å². The van der Waals surface area contributed by atoms with E-state index in [1.165, 1.54) is 10.9 Å². The third-order valence-electron chi connectivity index (χ3n) is 4.01. The number of fused-ring (bicyclic) bond motifs is 1. The highest BCUT2D eigenvalue weighted by atomic mass is 16.4. The fourth-order valence-corrected chi connectivity index (χ4v) is 2.79. The monoisotopic (exact) mass is 346 g/mol. The molecule has 4 aromatic rings. The fourth-order valence-electron chi connectivity index (χ4n) is 2.79. The predicted molar refractivity (Wildman–Crippen MR) is 96.3 cm³/mol. The third-order valence-corrected chi connectivity index (χ3v) is 4.01. The van der Waals surface area contributed by atoms with E-state index in [9.17, 15) is 9.59 Å². The predicted octanol–water partition coefficient (Wildman–Crippen LogP) is 2.40. The molecule has 2 aromatic heterocycles. The van der Waals surface area contributed by atoms with Gasteiger partial charge in [-0.15, -0.1) is 0 Å². The molecular formula is C19H14N4O3. The van der Waals surface area contributed by atoms with Crippen LogP contribution in [-0.2, 0) is 11.2 Å². The van der Waals surface area contributed by atoms with Crippen molar-refractivity contribution in [3.63, 3.8) is 0 Å². The van der Waals surface area contributed by atoms with E-state index in [4.69, 9.17) is 5.11 Å². The Hall–Kier alpha value is -3.74. The van der Waals surface area contributed by atoms with Gasteiger partial charge in [0.05, 0.1) is 23.5 Å². The van der Waals surface area contributed by atoms with Gasteiger partial charge < -0.3 is 5.11 Å². The number of aromatic amines is 1. The molecule has 7 heteroatoms. The summed E-state index contributed by atoms with van der Waals surface area (Å²) < 4.78 is 1.37. The summed E-state index contributed by atoms with van der Waals surface area (Å²) in [6.45, 7) is 0. The molecule has 0 radical (unpaired) electrons. The van der Waals surface area contributed by atoms with Gasteiger partial charge in [0.2, 0.25) is 5.95 Å². The molecule has 0 saturated heterocycles. The van der Waals surface area contributed by atoms with Gasteiger partial charge in [-0.2, -0.15) is 5.10 Å². The summed E-state index contributed by atoms with van der Waals surface area (Å²) in [5.74, 6) is -0.707. The van der Waals surface area contributed by atoms with Crippen LogP contribution in [0.2, 0.25) is 0 Å². The molecule has 0 unspecified atom stereocenters. The third kappa shape index (κ3) is 2.98. The van der Waals surface area contributed by atoms with Crippen LogP contribution in [0.15, 0.2) is 65.7 Å². The lowest BCUT2D eigenvalue weighted by Crippen LogP contribution is -2.13. The van der Waals surface area contributed by atoms with E-state index in [2.05, 4.69) is 15.1 Å². The topological polar surface area (TPSA) is 101 Å². The van der Waals surface area contributed by atoms with E-state index >= 15 is 0 Å². The summed E-state index contributed by atoms with van der Waals surface area (Å²) in [4.78, 5) is 30.3. The average molecular weight is 346 g/mol. The Bertz CT molecular complexity index is 1160. The number of nitrogens with one attached hydrogen (secondary N) is 1. The van der Waals surface area contributed by atoms with E-state index in [1.54, 1.807) is 12.3 Å². The van der Waals surface area contributed by atoms with Crippen molar-refractivity contribution in [1.82, 2.24) is 19.7 Å². The second-order valence-electron chi connectivity index (χ2n) is 5.85. The summed E-state index contributed by atoms with van der Waals surface area (Å²) in [6.07, 6.45) is 2.84. The minimum absolute atomic E-state index is 0.143. The highest BCUT2D eigenvalue weighted by molar-refractivity contribution is 5.83. The number of nitrogens with zero attached hydrogens (tertiary/aromatic N) is 3. The van der Waals surface area contributed by atoms with Crippen LogP contribution in [-0.4, -0.2) is 30.8 Å². The highest BCUT2D eigenvalue weighted by Crippen LogP contribution is 2.22. The van der Waals surface area contributed by atoms with Crippen LogP contribution in [0.5, 0.6) is 0 Å². The summed E-state index contributed by atoms with van der Waals surface area (Å²) in [6, 6.07) is 15.3. The summed E-state index contributed by atoms with van der Waals surface area (Å²) in [5.41, 5.74) is 2.77. The van der Waals surface area contributed by atoms with Crippen LogP contribution in [0.1, 0.15) is 5.56 Å². The SMILES string of the molecule is O=C(O)Cc1cnn(-c2nc3cc(-c4ccccc4)ccc3c(=O)[nH]2)c1. The van der Waals surface area contributed by atoms with Crippen LogP contribution in [0, 0.1) is 0 Å². The molecule has 26 heavy (non-hydrogen) atoms. The lowest BCUT2D eigenvalue weighted by Gasteiger charge is -2.05. The molecule has 0 atom stereocenters. The minimum atomic E-state index is -0.947. The van der Waals surface area contributed by atoms with Gasteiger partial charge in [0.25, 0.3) is 5.56 Å². The van der Waals surface area contributed by atoms with Crippen LogP contribution in [0.4, 0.5) is 0 Å². The quantitative estimate of drug-likeness (QED) is 0.591. The molecule has 0 spiro atoms. The Morgan fingerprint density at radius 1 is 1.12 bits per heavy atom. The molecule has 2 heterocycles. The van der Waals surface area contributed by atoms with Gasteiger partial charge in [0.1, 0.15) is 0 Å². The van der Waals surface area contributed by atoms with Crippen LogP contribution >= 0.6 is 0 Å². The fraction of sp³-hybridized carbons (Fsp3) is 0.0526. The maximum atomic E-state index is 12.4. The molecular weight excluding hydrogens is 332 g/mol. The smallest absolute Gasteiger partial charge is 0.307 e. The molecule has 0 fully saturated rings. The summed E-state index contributed by atoms with van der Waals surface area (Å²) in [5, 5.41) is 13.4. The van der Waals surface area contributed by atoms with Gasteiger partial charge in [-0.1, -0.05) is 36.4 Å². The Kier molecular flexibility index (Phi) is 3.81. The number of H-pyrrole nitrogens is 1. The zero-order valence-electron chi connectivity index (χ0n) is 13.6.